The molecule has 0 saturated heterocycles. The van der Waals surface area contributed by atoms with E-state index in [1.54, 1.807) is 0 Å². The van der Waals surface area contributed by atoms with E-state index in [0.29, 0.717) is 5.92 Å². The Morgan fingerprint density at radius 2 is 1.89 bits per heavy atom. The lowest BCUT2D eigenvalue weighted by Crippen LogP contribution is -2.47. The van der Waals surface area contributed by atoms with E-state index in [1.807, 2.05) is 0 Å². The van der Waals surface area contributed by atoms with E-state index < -0.39 is 0 Å². The number of aliphatic hydroxyl groups excluding tert-OH is 1. The highest BCUT2D eigenvalue weighted by Crippen LogP contribution is 2.35. The van der Waals surface area contributed by atoms with Crippen LogP contribution < -0.4 is 5.73 Å². The second-order valence-electron chi connectivity index (χ2n) is 6.15. The van der Waals surface area contributed by atoms with Gasteiger partial charge in [-0.2, -0.15) is 0 Å². The van der Waals surface area contributed by atoms with Crippen molar-refractivity contribution in [3.8, 4) is 0 Å². The molecular weight excluding hydrogens is 238 g/mol. The Balaban J connectivity index is 1.93. The van der Waals surface area contributed by atoms with Gasteiger partial charge in [-0.05, 0) is 31.6 Å². The predicted molar refractivity (Wildman–Crippen MR) is 80.2 cm³/mol. The molecule has 0 aromatic rings. The summed E-state index contributed by atoms with van der Waals surface area (Å²) in [6.45, 7) is 4.05. The Labute approximate surface area is 118 Å². The van der Waals surface area contributed by atoms with E-state index in [-0.39, 0.29) is 12.1 Å². The zero-order chi connectivity index (χ0) is 14.0. The number of hydrogen-bond donors (Lipinski definition) is 2. The van der Waals surface area contributed by atoms with Crippen molar-refractivity contribution in [1.82, 2.24) is 0 Å². The van der Waals surface area contributed by atoms with Crippen LogP contribution in [0.15, 0.2) is 0 Å². The average molecular weight is 271 g/mol. The molecule has 1 saturated carbocycles. The van der Waals surface area contributed by atoms with Gasteiger partial charge >= 0.3 is 0 Å². The van der Waals surface area contributed by atoms with Gasteiger partial charge in [0.2, 0.25) is 0 Å². The molecule has 2 atom stereocenters. The minimum absolute atomic E-state index is 0.120. The lowest BCUT2D eigenvalue weighted by atomic mass is 9.87. The molecule has 19 heavy (non-hydrogen) atoms. The number of nitrogens with two attached hydrogens (primary N) is 1. The van der Waals surface area contributed by atoms with Gasteiger partial charge in [-0.1, -0.05) is 45.4 Å². The van der Waals surface area contributed by atoms with Crippen molar-refractivity contribution >= 4 is 0 Å². The summed E-state index contributed by atoms with van der Waals surface area (Å²) in [4.78, 5) is 0. The Hall–Kier alpha value is -0.120. The lowest BCUT2D eigenvalue weighted by Gasteiger charge is -2.29. The van der Waals surface area contributed by atoms with Gasteiger partial charge in [0.25, 0.3) is 0 Å². The maximum atomic E-state index is 9.37. The molecule has 3 nitrogen and oxygen atoms in total. The van der Waals surface area contributed by atoms with Gasteiger partial charge in [0, 0.05) is 18.8 Å². The maximum Gasteiger partial charge on any atom is 0.0613 e. The summed E-state index contributed by atoms with van der Waals surface area (Å²) < 4.78 is 5.70. The standard InChI is InChI=1S/C16H33NO2/c1-2-3-4-5-6-7-12-19-13-10-15-9-8-11-16(15,17)14-18/h15,18H,2-14,17H2,1H3. The van der Waals surface area contributed by atoms with Crippen LogP contribution in [0, 0.1) is 5.92 Å². The zero-order valence-corrected chi connectivity index (χ0v) is 12.7. The normalized spacial score (nSPS) is 27.0. The van der Waals surface area contributed by atoms with Gasteiger partial charge in [-0.3, -0.25) is 0 Å². The molecule has 3 heteroatoms. The van der Waals surface area contributed by atoms with Crippen molar-refractivity contribution in [3.05, 3.63) is 0 Å². The zero-order valence-electron chi connectivity index (χ0n) is 12.7. The SMILES string of the molecule is CCCCCCCCOCCC1CCCC1(N)CO. The Morgan fingerprint density at radius 1 is 1.16 bits per heavy atom. The monoisotopic (exact) mass is 271 g/mol. The van der Waals surface area contributed by atoms with Gasteiger partial charge in [-0.25, -0.2) is 0 Å². The largest absolute Gasteiger partial charge is 0.394 e. The smallest absolute Gasteiger partial charge is 0.0613 e. The molecule has 0 radical (unpaired) electrons. The summed E-state index contributed by atoms with van der Waals surface area (Å²) >= 11 is 0. The van der Waals surface area contributed by atoms with Crippen LogP contribution in [0.1, 0.15) is 71.1 Å². The molecular formula is C16H33NO2. The fourth-order valence-electron chi connectivity index (χ4n) is 3.12. The Bertz CT molecular complexity index is 223. The Kier molecular flexibility index (Phi) is 8.67. The second kappa shape index (κ2) is 9.73. The highest BCUT2D eigenvalue weighted by atomic mass is 16.5. The summed E-state index contributed by atoms with van der Waals surface area (Å²) in [6, 6.07) is 0. The molecule has 0 spiro atoms. The van der Waals surface area contributed by atoms with Crippen LogP contribution in [-0.2, 0) is 4.74 Å². The van der Waals surface area contributed by atoms with E-state index in [4.69, 9.17) is 10.5 Å². The molecule has 1 aliphatic rings. The molecule has 3 N–H and O–H groups in total. The molecule has 1 rings (SSSR count). The quantitative estimate of drug-likeness (QED) is 0.567. The topological polar surface area (TPSA) is 55.5 Å². The first-order chi connectivity index (χ1) is 9.23. The van der Waals surface area contributed by atoms with Gasteiger partial charge in [0.05, 0.1) is 6.61 Å². The minimum Gasteiger partial charge on any atom is -0.394 e. The van der Waals surface area contributed by atoms with E-state index in [0.717, 1.165) is 38.9 Å². The molecule has 2 unspecified atom stereocenters. The Morgan fingerprint density at radius 3 is 2.63 bits per heavy atom. The number of ether oxygens (including phenoxy) is 1. The third-order valence-corrected chi connectivity index (χ3v) is 4.56. The lowest BCUT2D eigenvalue weighted by molar-refractivity contribution is 0.0921. The number of aliphatic hydroxyl groups is 1. The average Bonchev–Trinajstić information content (AvgIpc) is 2.79. The highest BCUT2D eigenvalue weighted by molar-refractivity contribution is 4.95. The van der Waals surface area contributed by atoms with E-state index >= 15 is 0 Å². The van der Waals surface area contributed by atoms with Crippen LogP contribution in [0.3, 0.4) is 0 Å². The predicted octanol–water partition coefficient (Wildman–Crippen LogP) is 3.24. The van der Waals surface area contributed by atoms with Crippen LogP contribution in [-0.4, -0.2) is 30.5 Å². The molecule has 114 valence electrons. The maximum absolute atomic E-state index is 9.37. The van der Waals surface area contributed by atoms with Gasteiger partial charge < -0.3 is 15.6 Å². The van der Waals surface area contributed by atoms with Gasteiger partial charge in [-0.15, -0.1) is 0 Å². The summed E-state index contributed by atoms with van der Waals surface area (Å²) in [5.41, 5.74) is 5.88. The summed E-state index contributed by atoms with van der Waals surface area (Å²) in [7, 11) is 0. The number of unbranched alkanes of at least 4 members (excludes halogenated alkanes) is 5. The first kappa shape index (κ1) is 16.9. The number of hydrogen-bond acceptors (Lipinski definition) is 3. The third-order valence-electron chi connectivity index (χ3n) is 4.56. The molecule has 1 aliphatic carbocycles. The van der Waals surface area contributed by atoms with E-state index in [1.165, 1.54) is 38.5 Å². The van der Waals surface area contributed by atoms with Crippen molar-refractivity contribution in [2.24, 2.45) is 11.7 Å². The summed E-state index contributed by atoms with van der Waals surface area (Å²) in [5.74, 6) is 0.446. The third kappa shape index (κ3) is 6.24. The molecule has 0 aromatic heterocycles. The van der Waals surface area contributed by atoms with Crippen molar-refractivity contribution in [2.75, 3.05) is 19.8 Å². The fourth-order valence-corrected chi connectivity index (χ4v) is 3.12. The van der Waals surface area contributed by atoms with Crippen molar-refractivity contribution < 1.29 is 9.84 Å². The first-order valence-corrected chi connectivity index (χ1v) is 8.20. The molecule has 0 heterocycles. The van der Waals surface area contributed by atoms with Crippen LogP contribution in [0.5, 0.6) is 0 Å². The van der Waals surface area contributed by atoms with Crippen molar-refractivity contribution in [3.63, 3.8) is 0 Å². The number of rotatable bonds is 11. The summed E-state index contributed by atoms with van der Waals surface area (Å²) in [5, 5.41) is 9.37. The van der Waals surface area contributed by atoms with Crippen molar-refractivity contribution in [2.45, 2.75) is 76.7 Å². The molecule has 0 amide bonds. The van der Waals surface area contributed by atoms with Gasteiger partial charge in [0.15, 0.2) is 0 Å². The highest BCUT2D eigenvalue weighted by Gasteiger charge is 2.38. The van der Waals surface area contributed by atoms with Crippen LogP contribution in [0.2, 0.25) is 0 Å². The molecule has 1 fully saturated rings. The van der Waals surface area contributed by atoms with E-state index in [2.05, 4.69) is 6.92 Å². The molecule has 0 aliphatic heterocycles. The van der Waals surface area contributed by atoms with E-state index in [9.17, 15) is 5.11 Å². The fraction of sp³-hybridized carbons (Fsp3) is 1.00. The van der Waals surface area contributed by atoms with Gasteiger partial charge in [0.1, 0.15) is 0 Å². The van der Waals surface area contributed by atoms with Crippen molar-refractivity contribution in [1.29, 1.82) is 0 Å². The molecule has 0 bridgehead atoms. The molecule has 0 aromatic carbocycles. The minimum atomic E-state index is -0.330. The second-order valence-corrected chi connectivity index (χ2v) is 6.15. The van der Waals surface area contributed by atoms with Crippen LogP contribution >= 0.6 is 0 Å². The first-order valence-electron chi connectivity index (χ1n) is 8.20. The van der Waals surface area contributed by atoms with Crippen LogP contribution in [0.4, 0.5) is 0 Å². The van der Waals surface area contributed by atoms with Crippen LogP contribution in [0.25, 0.3) is 0 Å². The summed E-state index contributed by atoms with van der Waals surface area (Å²) in [6.07, 6.45) is 12.1.